The lowest BCUT2D eigenvalue weighted by Gasteiger charge is -2.14. The molecule has 2 rings (SSSR count). The van der Waals surface area contributed by atoms with Crippen molar-refractivity contribution in [3.63, 3.8) is 0 Å². The largest absolute Gasteiger partial charge is 0.478 e. The predicted octanol–water partition coefficient (Wildman–Crippen LogP) is 4.09. The molecule has 1 unspecified atom stereocenters. The highest BCUT2D eigenvalue weighted by atomic mass is 79.9. The number of nitrogens with one attached hydrogen (secondary N) is 2. The molecule has 1 aromatic heterocycles. The number of carboxylic acid groups (broad SMARTS) is 1. The van der Waals surface area contributed by atoms with Gasteiger partial charge in [-0.2, -0.15) is 11.3 Å². The normalized spacial score (nSPS) is 11.7. The summed E-state index contributed by atoms with van der Waals surface area (Å²) >= 11 is 4.82. The van der Waals surface area contributed by atoms with Crippen LogP contribution >= 0.6 is 27.3 Å². The van der Waals surface area contributed by atoms with Crippen LogP contribution in [0.3, 0.4) is 0 Å². The fraction of sp³-hybridized carbons (Fsp3) is 0.143. The molecule has 0 radical (unpaired) electrons. The molecule has 1 atom stereocenters. The van der Waals surface area contributed by atoms with Gasteiger partial charge in [0, 0.05) is 4.47 Å². The molecule has 0 saturated heterocycles. The number of thiophene rings is 1. The Morgan fingerprint density at radius 1 is 1.33 bits per heavy atom. The third-order valence-corrected chi connectivity index (χ3v) is 4.21. The molecule has 0 saturated carbocycles. The Morgan fingerprint density at radius 3 is 2.67 bits per heavy atom. The second-order valence-corrected chi connectivity index (χ2v) is 6.01. The van der Waals surface area contributed by atoms with Crippen molar-refractivity contribution in [1.29, 1.82) is 0 Å². The van der Waals surface area contributed by atoms with Crippen LogP contribution in [0.1, 0.15) is 28.9 Å². The summed E-state index contributed by atoms with van der Waals surface area (Å²) in [6.45, 7) is 1.89. The summed E-state index contributed by atoms with van der Waals surface area (Å²) < 4.78 is 0.515. The van der Waals surface area contributed by atoms with Crippen LogP contribution in [0.15, 0.2) is 39.5 Å². The van der Waals surface area contributed by atoms with Crippen molar-refractivity contribution in [2.45, 2.75) is 13.0 Å². The summed E-state index contributed by atoms with van der Waals surface area (Å²) in [5.74, 6) is -1.02. The van der Waals surface area contributed by atoms with Crippen molar-refractivity contribution in [3.8, 4) is 0 Å². The number of benzene rings is 1. The van der Waals surface area contributed by atoms with Crippen molar-refractivity contribution in [1.82, 2.24) is 5.32 Å². The minimum absolute atomic E-state index is 0.103. The van der Waals surface area contributed by atoms with E-state index in [0.29, 0.717) is 10.2 Å². The minimum atomic E-state index is -1.02. The topological polar surface area (TPSA) is 78.4 Å². The summed E-state index contributed by atoms with van der Waals surface area (Å²) in [6, 6.07) is 5.92. The van der Waals surface area contributed by atoms with Crippen LogP contribution in [0.2, 0.25) is 0 Å². The average Bonchev–Trinajstić information content (AvgIpc) is 2.94. The zero-order valence-corrected chi connectivity index (χ0v) is 13.5. The van der Waals surface area contributed by atoms with E-state index in [1.807, 2.05) is 23.8 Å². The number of hydrogen-bond donors (Lipinski definition) is 3. The fourth-order valence-electron chi connectivity index (χ4n) is 1.71. The molecule has 21 heavy (non-hydrogen) atoms. The molecule has 2 aromatic rings. The van der Waals surface area contributed by atoms with Crippen molar-refractivity contribution in [3.05, 3.63) is 50.6 Å². The van der Waals surface area contributed by atoms with E-state index in [1.165, 1.54) is 12.1 Å². The van der Waals surface area contributed by atoms with Gasteiger partial charge in [0.15, 0.2) is 0 Å². The average molecular weight is 369 g/mol. The molecule has 1 aromatic carbocycles. The molecule has 110 valence electrons. The highest BCUT2D eigenvalue weighted by molar-refractivity contribution is 9.10. The van der Waals surface area contributed by atoms with Gasteiger partial charge in [0.1, 0.15) is 0 Å². The summed E-state index contributed by atoms with van der Waals surface area (Å²) in [7, 11) is 0. The van der Waals surface area contributed by atoms with Gasteiger partial charge in [0.05, 0.1) is 17.3 Å². The fourth-order valence-corrected chi connectivity index (χ4v) is 2.94. The van der Waals surface area contributed by atoms with Crippen LogP contribution in [0.25, 0.3) is 0 Å². The molecule has 7 heteroatoms. The standard InChI is InChI=1S/C14H13BrN2O3S/c1-8(10-4-5-21-7-10)16-14(20)17-12-3-2-9(13(18)19)6-11(12)15/h2-8H,1H3,(H,18,19)(H2,16,17,20). The lowest BCUT2D eigenvalue weighted by Crippen LogP contribution is -2.31. The van der Waals surface area contributed by atoms with Crippen molar-refractivity contribution >= 4 is 45.0 Å². The molecule has 0 spiro atoms. The molecule has 0 fully saturated rings. The first-order valence-corrected chi connectivity index (χ1v) is 7.83. The predicted molar refractivity (Wildman–Crippen MR) is 86.0 cm³/mol. The summed E-state index contributed by atoms with van der Waals surface area (Å²) in [5, 5.41) is 18.3. The summed E-state index contributed by atoms with van der Waals surface area (Å²) in [4.78, 5) is 22.8. The van der Waals surface area contributed by atoms with Crippen LogP contribution in [0, 0.1) is 0 Å². The second kappa shape index (κ2) is 6.73. The van der Waals surface area contributed by atoms with Gasteiger partial charge in [-0.1, -0.05) is 0 Å². The Bertz CT molecular complexity index is 658. The molecule has 2 amide bonds. The summed E-state index contributed by atoms with van der Waals surface area (Å²) in [5.41, 5.74) is 1.70. The quantitative estimate of drug-likeness (QED) is 0.760. The number of urea groups is 1. The Kier molecular flexibility index (Phi) is 4.98. The van der Waals surface area contributed by atoms with Gasteiger partial charge in [-0.3, -0.25) is 0 Å². The number of halogens is 1. The molecule has 3 N–H and O–H groups in total. The Balaban J connectivity index is 2.01. The Morgan fingerprint density at radius 2 is 2.10 bits per heavy atom. The molecule has 0 bridgehead atoms. The van der Waals surface area contributed by atoms with Crippen LogP contribution < -0.4 is 10.6 Å². The molecular weight excluding hydrogens is 356 g/mol. The zero-order chi connectivity index (χ0) is 15.4. The second-order valence-electron chi connectivity index (χ2n) is 4.38. The van der Waals surface area contributed by atoms with Crippen LogP contribution in [-0.4, -0.2) is 17.1 Å². The number of hydrogen-bond acceptors (Lipinski definition) is 3. The molecule has 0 aliphatic carbocycles. The number of carboxylic acids is 1. The van der Waals surface area contributed by atoms with E-state index in [2.05, 4.69) is 26.6 Å². The van der Waals surface area contributed by atoms with Gasteiger partial charge in [0.25, 0.3) is 0 Å². The number of amides is 2. The van der Waals surface area contributed by atoms with E-state index in [9.17, 15) is 9.59 Å². The highest BCUT2D eigenvalue weighted by Gasteiger charge is 2.12. The number of carbonyl (C=O) groups excluding carboxylic acids is 1. The minimum Gasteiger partial charge on any atom is -0.478 e. The van der Waals surface area contributed by atoms with E-state index < -0.39 is 5.97 Å². The van der Waals surface area contributed by atoms with Crippen LogP contribution in [-0.2, 0) is 0 Å². The van der Waals surface area contributed by atoms with E-state index in [4.69, 9.17) is 5.11 Å². The number of rotatable bonds is 4. The van der Waals surface area contributed by atoms with Crippen LogP contribution in [0.5, 0.6) is 0 Å². The van der Waals surface area contributed by atoms with E-state index in [-0.39, 0.29) is 17.6 Å². The van der Waals surface area contributed by atoms with E-state index in [0.717, 1.165) is 5.56 Å². The SMILES string of the molecule is CC(NC(=O)Nc1ccc(C(=O)O)cc1Br)c1ccsc1. The third kappa shape index (κ3) is 4.05. The molecule has 5 nitrogen and oxygen atoms in total. The van der Waals surface area contributed by atoms with Gasteiger partial charge < -0.3 is 15.7 Å². The Labute approximate surface area is 134 Å². The number of carbonyl (C=O) groups is 2. The number of aromatic carboxylic acids is 1. The van der Waals surface area contributed by atoms with Crippen LogP contribution in [0.4, 0.5) is 10.5 Å². The first-order valence-electron chi connectivity index (χ1n) is 6.10. The van der Waals surface area contributed by atoms with E-state index in [1.54, 1.807) is 17.4 Å². The van der Waals surface area contributed by atoms with E-state index >= 15 is 0 Å². The third-order valence-electron chi connectivity index (χ3n) is 2.86. The Hall–Kier alpha value is -1.86. The first kappa shape index (κ1) is 15.5. The first-order chi connectivity index (χ1) is 9.97. The highest BCUT2D eigenvalue weighted by Crippen LogP contribution is 2.24. The van der Waals surface area contributed by atoms with Crippen molar-refractivity contribution in [2.75, 3.05) is 5.32 Å². The zero-order valence-electron chi connectivity index (χ0n) is 11.1. The maximum absolute atomic E-state index is 11.9. The number of anilines is 1. The molecule has 0 aliphatic heterocycles. The molecular formula is C14H13BrN2O3S. The maximum Gasteiger partial charge on any atom is 0.335 e. The van der Waals surface area contributed by atoms with Gasteiger partial charge in [0.2, 0.25) is 0 Å². The smallest absolute Gasteiger partial charge is 0.335 e. The van der Waals surface area contributed by atoms with Gasteiger partial charge in [-0.15, -0.1) is 0 Å². The lowest BCUT2D eigenvalue weighted by atomic mass is 10.2. The van der Waals surface area contributed by atoms with Gasteiger partial charge >= 0.3 is 12.0 Å². The molecule has 1 heterocycles. The molecule has 0 aliphatic rings. The monoisotopic (exact) mass is 368 g/mol. The van der Waals surface area contributed by atoms with Crippen molar-refractivity contribution in [2.24, 2.45) is 0 Å². The summed E-state index contributed by atoms with van der Waals surface area (Å²) in [6.07, 6.45) is 0. The van der Waals surface area contributed by atoms with Crippen molar-refractivity contribution < 1.29 is 14.7 Å². The van der Waals surface area contributed by atoms with Gasteiger partial charge in [-0.05, 0) is 63.4 Å². The lowest BCUT2D eigenvalue weighted by molar-refractivity contribution is 0.0697. The maximum atomic E-state index is 11.9. The van der Waals surface area contributed by atoms with Gasteiger partial charge in [-0.25, -0.2) is 9.59 Å².